The summed E-state index contributed by atoms with van der Waals surface area (Å²) in [5, 5.41) is 0.592. The van der Waals surface area contributed by atoms with Crippen molar-refractivity contribution in [2.75, 3.05) is 0 Å². The molecule has 0 N–H and O–H groups in total. The Labute approximate surface area is 198 Å². The highest BCUT2D eigenvalue weighted by Gasteiger charge is 2.15. The van der Waals surface area contributed by atoms with E-state index in [0.717, 1.165) is 42.3 Å². The van der Waals surface area contributed by atoms with Crippen LogP contribution in [0.15, 0.2) is 66.7 Å². The third-order valence-corrected chi connectivity index (χ3v) is 6.47. The second kappa shape index (κ2) is 10.4. The highest BCUT2D eigenvalue weighted by molar-refractivity contribution is 6.31. The fraction of sp³-hybridized carbons (Fsp3) is 0.241. The van der Waals surface area contributed by atoms with Crippen molar-refractivity contribution in [2.24, 2.45) is 0 Å². The first-order valence-electron chi connectivity index (χ1n) is 11.4. The molecule has 4 aromatic carbocycles. The molecule has 4 rings (SSSR count). The predicted molar refractivity (Wildman–Crippen MR) is 131 cm³/mol. The van der Waals surface area contributed by atoms with E-state index in [9.17, 15) is 8.78 Å². The summed E-state index contributed by atoms with van der Waals surface area (Å²) in [6.45, 7) is 2.21. The lowest BCUT2D eigenvalue weighted by atomic mass is 9.96. The molecular formula is C29H26ClF3. The third kappa shape index (κ3) is 5.42. The van der Waals surface area contributed by atoms with Gasteiger partial charge in [0, 0.05) is 10.9 Å². The van der Waals surface area contributed by atoms with E-state index >= 15 is 4.39 Å². The van der Waals surface area contributed by atoms with E-state index in [1.54, 1.807) is 18.2 Å². The second-order valence-electron chi connectivity index (χ2n) is 8.51. The summed E-state index contributed by atoms with van der Waals surface area (Å²) in [4.78, 5) is 0. The molecule has 0 amide bonds. The van der Waals surface area contributed by atoms with Crippen LogP contribution in [0.5, 0.6) is 0 Å². The zero-order valence-electron chi connectivity index (χ0n) is 18.6. The van der Waals surface area contributed by atoms with Crippen LogP contribution in [0.2, 0.25) is 5.02 Å². The molecule has 0 unspecified atom stereocenters. The maximum Gasteiger partial charge on any atom is 0.145 e. The topological polar surface area (TPSA) is 0 Å². The minimum absolute atomic E-state index is 0.121. The Morgan fingerprint density at radius 2 is 1.27 bits per heavy atom. The first-order chi connectivity index (χ1) is 16.0. The maximum absolute atomic E-state index is 15.2. The Morgan fingerprint density at radius 3 is 1.94 bits per heavy atom. The van der Waals surface area contributed by atoms with Gasteiger partial charge in [-0.3, -0.25) is 0 Å². The van der Waals surface area contributed by atoms with Crippen molar-refractivity contribution in [3.8, 4) is 11.1 Å². The van der Waals surface area contributed by atoms with E-state index in [1.807, 2.05) is 12.1 Å². The van der Waals surface area contributed by atoms with Gasteiger partial charge >= 0.3 is 0 Å². The normalized spacial score (nSPS) is 11.3. The van der Waals surface area contributed by atoms with Crippen molar-refractivity contribution in [3.05, 3.63) is 106 Å². The summed E-state index contributed by atoms with van der Waals surface area (Å²) in [6.07, 6.45) is 6.61. The Morgan fingerprint density at radius 1 is 0.667 bits per heavy atom. The van der Waals surface area contributed by atoms with Gasteiger partial charge in [-0.25, -0.2) is 13.2 Å². The zero-order chi connectivity index (χ0) is 23.4. The number of hydrogen-bond donors (Lipinski definition) is 0. The van der Waals surface area contributed by atoms with Gasteiger partial charge in [0.25, 0.3) is 0 Å². The molecule has 0 bridgehead atoms. The van der Waals surface area contributed by atoms with Gasteiger partial charge < -0.3 is 0 Å². The van der Waals surface area contributed by atoms with Crippen LogP contribution >= 0.6 is 11.6 Å². The molecule has 0 aliphatic carbocycles. The fourth-order valence-electron chi connectivity index (χ4n) is 4.17. The van der Waals surface area contributed by atoms with Gasteiger partial charge in [-0.15, -0.1) is 0 Å². The van der Waals surface area contributed by atoms with Gasteiger partial charge in [-0.2, -0.15) is 0 Å². The molecule has 0 radical (unpaired) electrons. The van der Waals surface area contributed by atoms with E-state index in [1.165, 1.54) is 30.4 Å². The Hall–Kier alpha value is -2.78. The molecule has 0 aliphatic heterocycles. The highest BCUT2D eigenvalue weighted by Crippen LogP contribution is 2.32. The Balaban J connectivity index is 1.49. The van der Waals surface area contributed by atoms with Crippen LogP contribution in [-0.4, -0.2) is 0 Å². The summed E-state index contributed by atoms with van der Waals surface area (Å²) in [5.74, 6) is -2.31. The molecule has 0 nitrogen and oxygen atoms in total. The van der Waals surface area contributed by atoms with Crippen LogP contribution in [0, 0.1) is 17.5 Å². The molecule has 0 heterocycles. The van der Waals surface area contributed by atoms with Gasteiger partial charge in [-0.05, 0) is 65.5 Å². The summed E-state index contributed by atoms with van der Waals surface area (Å²) >= 11 is 5.55. The van der Waals surface area contributed by atoms with Gasteiger partial charge in [0.15, 0.2) is 0 Å². The number of fused-ring (bicyclic) bond motifs is 1. The molecule has 170 valence electrons. The monoisotopic (exact) mass is 466 g/mol. The second-order valence-corrected chi connectivity index (χ2v) is 8.89. The van der Waals surface area contributed by atoms with Crippen LogP contribution in [-0.2, 0) is 19.3 Å². The highest BCUT2D eigenvalue weighted by atomic mass is 35.5. The van der Waals surface area contributed by atoms with E-state index in [-0.39, 0.29) is 11.1 Å². The Bertz CT molecular complexity index is 1240. The quantitative estimate of drug-likeness (QED) is 0.179. The predicted octanol–water partition coefficient (Wildman–Crippen LogP) is 9.10. The van der Waals surface area contributed by atoms with E-state index in [4.69, 9.17) is 11.6 Å². The number of benzene rings is 4. The van der Waals surface area contributed by atoms with E-state index in [0.29, 0.717) is 5.39 Å². The summed E-state index contributed by atoms with van der Waals surface area (Å²) < 4.78 is 42.9. The molecule has 0 saturated heterocycles. The van der Waals surface area contributed by atoms with Crippen molar-refractivity contribution in [1.82, 2.24) is 0 Å². The number of unbranched alkanes of at least 4 members (excludes halogenated alkanes) is 2. The SMILES string of the molecule is CCCCCc1ccc(CCc2ccc3c(F)c(-c4cc(F)c(Cl)c(F)c4)ccc3c2)cc1. The number of aryl methyl sites for hydroxylation is 3. The van der Waals surface area contributed by atoms with Crippen molar-refractivity contribution >= 4 is 22.4 Å². The van der Waals surface area contributed by atoms with Gasteiger partial charge in [-0.1, -0.05) is 86.0 Å². The minimum atomic E-state index is -0.907. The van der Waals surface area contributed by atoms with Crippen molar-refractivity contribution < 1.29 is 13.2 Å². The van der Waals surface area contributed by atoms with Gasteiger partial charge in [0.1, 0.15) is 22.5 Å². The number of hydrogen-bond acceptors (Lipinski definition) is 0. The summed E-state index contributed by atoms with van der Waals surface area (Å²) in [5.41, 5.74) is 4.04. The average Bonchev–Trinajstić information content (AvgIpc) is 2.82. The molecule has 33 heavy (non-hydrogen) atoms. The average molecular weight is 467 g/mol. The molecule has 4 heteroatoms. The van der Waals surface area contributed by atoms with Crippen molar-refractivity contribution in [2.45, 2.75) is 45.4 Å². The van der Waals surface area contributed by atoms with Crippen LogP contribution in [0.1, 0.15) is 42.9 Å². The molecule has 0 fully saturated rings. The molecule has 0 atom stereocenters. The third-order valence-electron chi connectivity index (χ3n) is 6.11. The minimum Gasteiger partial charge on any atom is -0.206 e. The van der Waals surface area contributed by atoms with Gasteiger partial charge in [0.2, 0.25) is 0 Å². The first-order valence-corrected chi connectivity index (χ1v) is 11.8. The van der Waals surface area contributed by atoms with E-state index < -0.39 is 22.5 Å². The number of rotatable bonds is 8. The van der Waals surface area contributed by atoms with Crippen LogP contribution in [0.3, 0.4) is 0 Å². The van der Waals surface area contributed by atoms with Crippen molar-refractivity contribution in [1.29, 1.82) is 0 Å². The summed E-state index contributed by atoms with van der Waals surface area (Å²) in [6, 6.07) is 19.9. The van der Waals surface area contributed by atoms with Gasteiger partial charge in [0.05, 0.1) is 0 Å². The molecule has 0 aliphatic rings. The summed E-state index contributed by atoms with van der Waals surface area (Å²) in [7, 11) is 0. The molecule has 0 saturated carbocycles. The van der Waals surface area contributed by atoms with Crippen LogP contribution in [0.4, 0.5) is 13.2 Å². The van der Waals surface area contributed by atoms with Crippen LogP contribution in [0.25, 0.3) is 21.9 Å². The zero-order valence-corrected chi connectivity index (χ0v) is 19.4. The van der Waals surface area contributed by atoms with Crippen LogP contribution < -0.4 is 0 Å². The van der Waals surface area contributed by atoms with E-state index in [2.05, 4.69) is 31.2 Å². The Kier molecular flexibility index (Phi) is 7.39. The van der Waals surface area contributed by atoms with Crippen molar-refractivity contribution in [3.63, 3.8) is 0 Å². The molecule has 0 spiro atoms. The first kappa shape index (κ1) is 23.4. The molecule has 4 aromatic rings. The largest absolute Gasteiger partial charge is 0.206 e. The fourth-order valence-corrected chi connectivity index (χ4v) is 4.28. The lowest BCUT2D eigenvalue weighted by Crippen LogP contribution is -1.94. The molecule has 0 aromatic heterocycles. The lowest BCUT2D eigenvalue weighted by Gasteiger charge is -2.10. The number of halogens is 4. The smallest absolute Gasteiger partial charge is 0.145 e. The lowest BCUT2D eigenvalue weighted by molar-refractivity contribution is 0.584. The standard InChI is InChI=1S/C29H26ClF3/c1-2-3-4-5-19-6-8-20(9-7-19)10-11-21-12-14-24-22(16-21)13-15-25(29(24)33)23-17-26(31)28(30)27(32)18-23/h6-9,12-18H,2-5,10-11H2,1H3. The maximum atomic E-state index is 15.2. The molecular weight excluding hydrogens is 441 g/mol.